The van der Waals surface area contributed by atoms with Gasteiger partial charge in [0.15, 0.2) is 0 Å². The van der Waals surface area contributed by atoms with Crippen LogP contribution in [-0.4, -0.2) is 51.7 Å². The van der Waals surface area contributed by atoms with Gasteiger partial charge >= 0.3 is 0 Å². The summed E-state index contributed by atoms with van der Waals surface area (Å²) < 4.78 is 27.3. The number of hydrogen-bond acceptors (Lipinski definition) is 5. The molecule has 34 heavy (non-hydrogen) atoms. The van der Waals surface area contributed by atoms with Crippen molar-refractivity contribution in [1.82, 2.24) is 14.7 Å². The standard InChI is InChI=1S/C27H34FN3O3/c1-19(2)25(32)18-31(16-23-10-7-15-33-23)17-24-26(20-8-5-4-6-9-20)29-30(3)27(24)34-22-13-11-21(28)12-14-22/h4-6,8-9,11-14,19,23,25,32H,7,10,15-18H2,1-3H3. The van der Waals surface area contributed by atoms with E-state index in [1.165, 1.54) is 12.1 Å². The number of halogens is 1. The van der Waals surface area contributed by atoms with E-state index in [0.29, 0.717) is 24.7 Å². The second-order valence-electron chi connectivity index (χ2n) is 9.32. The van der Waals surface area contributed by atoms with Crippen molar-refractivity contribution in [2.24, 2.45) is 13.0 Å². The van der Waals surface area contributed by atoms with Crippen LogP contribution >= 0.6 is 0 Å². The lowest BCUT2D eigenvalue weighted by Gasteiger charge is -2.29. The Morgan fingerprint density at radius 3 is 2.56 bits per heavy atom. The normalized spacial score (nSPS) is 17.0. The molecule has 2 aromatic carbocycles. The number of aryl methyl sites for hydroxylation is 1. The van der Waals surface area contributed by atoms with E-state index in [4.69, 9.17) is 14.6 Å². The molecule has 0 radical (unpaired) electrons. The van der Waals surface area contributed by atoms with Crippen LogP contribution in [0.2, 0.25) is 0 Å². The van der Waals surface area contributed by atoms with E-state index in [1.54, 1.807) is 16.8 Å². The minimum Gasteiger partial charge on any atom is -0.439 e. The van der Waals surface area contributed by atoms with Crippen molar-refractivity contribution < 1.29 is 19.0 Å². The first-order valence-corrected chi connectivity index (χ1v) is 12.0. The molecule has 0 aliphatic carbocycles. The first-order chi connectivity index (χ1) is 16.4. The molecule has 2 atom stereocenters. The molecule has 182 valence electrons. The molecule has 1 fully saturated rings. The van der Waals surface area contributed by atoms with Crippen molar-refractivity contribution in [2.75, 3.05) is 19.7 Å². The van der Waals surface area contributed by atoms with Gasteiger partial charge in [0.2, 0.25) is 5.88 Å². The fourth-order valence-electron chi connectivity index (χ4n) is 4.24. The van der Waals surface area contributed by atoms with Gasteiger partial charge in [0.25, 0.3) is 0 Å². The van der Waals surface area contributed by atoms with Gasteiger partial charge in [-0.15, -0.1) is 0 Å². The molecular formula is C27H34FN3O3. The van der Waals surface area contributed by atoms with E-state index < -0.39 is 6.10 Å². The Morgan fingerprint density at radius 1 is 1.18 bits per heavy atom. The van der Waals surface area contributed by atoms with Gasteiger partial charge in [-0.2, -0.15) is 5.10 Å². The predicted molar refractivity (Wildman–Crippen MR) is 130 cm³/mol. The van der Waals surface area contributed by atoms with E-state index >= 15 is 0 Å². The topological polar surface area (TPSA) is 59.8 Å². The summed E-state index contributed by atoms with van der Waals surface area (Å²) in [5.41, 5.74) is 2.74. The summed E-state index contributed by atoms with van der Waals surface area (Å²) in [4.78, 5) is 2.24. The Morgan fingerprint density at radius 2 is 1.91 bits per heavy atom. The highest BCUT2D eigenvalue weighted by molar-refractivity contribution is 5.65. The molecular weight excluding hydrogens is 433 g/mol. The van der Waals surface area contributed by atoms with Crippen molar-refractivity contribution in [1.29, 1.82) is 0 Å². The summed E-state index contributed by atoms with van der Waals surface area (Å²) in [7, 11) is 1.85. The van der Waals surface area contributed by atoms with Gasteiger partial charge in [-0.1, -0.05) is 44.2 Å². The van der Waals surface area contributed by atoms with Crippen LogP contribution in [0.3, 0.4) is 0 Å². The van der Waals surface area contributed by atoms with Crippen LogP contribution in [0.5, 0.6) is 11.6 Å². The number of aromatic nitrogens is 2. The number of nitrogens with zero attached hydrogens (tertiary/aromatic N) is 3. The third-order valence-electron chi connectivity index (χ3n) is 6.25. The largest absolute Gasteiger partial charge is 0.439 e. The van der Waals surface area contributed by atoms with Crippen molar-refractivity contribution in [3.8, 4) is 22.9 Å². The lowest BCUT2D eigenvalue weighted by atomic mass is 10.0. The fraction of sp³-hybridized carbons (Fsp3) is 0.444. The Bertz CT molecular complexity index is 1040. The smallest absolute Gasteiger partial charge is 0.222 e. The van der Waals surface area contributed by atoms with Gasteiger partial charge < -0.3 is 14.6 Å². The lowest BCUT2D eigenvalue weighted by molar-refractivity contribution is 0.0328. The molecule has 7 heteroatoms. The van der Waals surface area contributed by atoms with Crippen LogP contribution in [0.4, 0.5) is 4.39 Å². The second kappa shape index (κ2) is 11.1. The predicted octanol–water partition coefficient (Wildman–Crippen LogP) is 5.02. The molecule has 0 amide bonds. The second-order valence-corrected chi connectivity index (χ2v) is 9.32. The van der Waals surface area contributed by atoms with E-state index in [0.717, 1.165) is 42.8 Å². The van der Waals surface area contributed by atoms with E-state index in [9.17, 15) is 9.50 Å². The summed E-state index contributed by atoms with van der Waals surface area (Å²) in [6, 6.07) is 16.0. The van der Waals surface area contributed by atoms with Crippen molar-refractivity contribution in [3.05, 3.63) is 66.0 Å². The molecule has 1 N–H and O–H groups in total. The third-order valence-corrected chi connectivity index (χ3v) is 6.25. The maximum absolute atomic E-state index is 13.4. The first-order valence-electron chi connectivity index (χ1n) is 12.0. The molecule has 6 nitrogen and oxygen atoms in total. The molecule has 0 bridgehead atoms. The molecule has 0 spiro atoms. The Labute approximate surface area is 200 Å². The Kier molecular flexibility index (Phi) is 7.98. The van der Waals surface area contributed by atoms with Gasteiger partial charge in [-0.25, -0.2) is 9.07 Å². The molecule has 2 unspecified atom stereocenters. The zero-order valence-corrected chi connectivity index (χ0v) is 20.2. The van der Waals surface area contributed by atoms with Crippen LogP contribution in [0.15, 0.2) is 54.6 Å². The van der Waals surface area contributed by atoms with Crippen LogP contribution in [0.1, 0.15) is 32.3 Å². The first kappa shape index (κ1) is 24.4. The van der Waals surface area contributed by atoms with E-state index in [1.807, 2.05) is 51.2 Å². The van der Waals surface area contributed by atoms with Gasteiger partial charge in [0.1, 0.15) is 17.3 Å². The maximum atomic E-state index is 13.4. The molecule has 1 saturated heterocycles. The highest BCUT2D eigenvalue weighted by Gasteiger charge is 2.27. The Balaban J connectivity index is 1.70. The molecule has 0 saturated carbocycles. The van der Waals surface area contributed by atoms with Gasteiger partial charge in [0.05, 0.1) is 17.8 Å². The van der Waals surface area contributed by atoms with Crippen molar-refractivity contribution in [2.45, 2.75) is 45.4 Å². The number of ether oxygens (including phenoxy) is 2. The van der Waals surface area contributed by atoms with Gasteiger partial charge in [-0.05, 0) is 43.0 Å². The molecule has 2 heterocycles. The number of aliphatic hydroxyl groups excluding tert-OH is 1. The SMILES string of the molecule is CC(C)C(O)CN(Cc1c(-c2ccccc2)nn(C)c1Oc1ccc(F)cc1)CC1CCCO1. The molecule has 1 aliphatic rings. The summed E-state index contributed by atoms with van der Waals surface area (Å²) >= 11 is 0. The minimum atomic E-state index is -0.459. The molecule has 1 aromatic heterocycles. The maximum Gasteiger partial charge on any atom is 0.222 e. The van der Waals surface area contributed by atoms with Crippen LogP contribution in [0, 0.1) is 11.7 Å². The molecule has 4 rings (SSSR count). The number of aliphatic hydroxyl groups is 1. The highest BCUT2D eigenvalue weighted by atomic mass is 19.1. The van der Waals surface area contributed by atoms with Gasteiger partial charge in [-0.3, -0.25) is 4.90 Å². The average molecular weight is 468 g/mol. The molecule has 1 aliphatic heterocycles. The van der Waals surface area contributed by atoms with Crippen molar-refractivity contribution >= 4 is 0 Å². The van der Waals surface area contributed by atoms with E-state index in [2.05, 4.69) is 4.90 Å². The Hall–Kier alpha value is -2.74. The summed E-state index contributed by atoms with van der Waals surface area (Å²) in [6.07, 6.45) is 1.77. The van der Waals surface area contributed by atoms with Crippen LogP contribution in [0.25, 0.3) is 11.3 Å². The fourth-order valence-corrected chi connectivity index (χ4v) is 4.24. The third kappa shape index (κ3) is 6.03. The average Bonchev–Trinajstić information content (AvgIpc) is 3.44. The molecule has 3 aromatic rings. The number of rotatable bonds is 10. The van der Waals surface area contributed by atoms with Crippen LogP contribution < -0.4 is 4.74 Å². The lowest BCUT2D eigenvalue weighted by Crippen LogP contribution is -2.39. The summed E-state index contributed by atoms with van der Waals surface area (Å²) in [5.74, 6) is 0.970. The number of hydrogen-bond donors (Lipinski definition) is 1. The minimum absolute atomic E-state index is 0.143. The summed E-state index contributed by atoms with van der Waals surface area (Å²) in [6.45, 7) is 6.62. The quantitative estimate of drug-likeness (QED) is 0.454. The van der Waals surface area contributed by atoms with E-state index in [-0.39, 0.29) is 17.8 Å². The van der Waals surface area contributed by atoms with Crippen molar-refractivity contribution in [3.63, 3.8) is 0 Å². The van der Waals surface area contributed by atoms with Crippen LogP contribution in [-0.2, 0) is 18.3 Å². The zero-order valence-electron chi connectivity index (χ0n) is 20.2. The van der Waals surface area contributed by atoms with Gasteiger partial charge in [0, 0.05) is 38.9 Å². The highest BCUT2D eigenvalue weighted by Crippen LogP contribution is 2.34. The summed E-state index contributed by atoms with van der Waals surface area (Å²) in [5, 5.41) is 15.5. The monoisotopic (exact) mass is 467 g/mol. The zero-order chi connectivity index (χ0) is 24.1. The number of benzene rings is 2.